The van der Waals surface area contributed by atoms with Gasteiger partial charge in [0.25, 0.3) is 0 Å². The van der Waals surface area contributed by atoms with E-state index in [1.165, 1.54) is 6.07 Å². The van der Waals surface area contributed by atoms with Crippen LogP contribution in [-0.4, -0.2) is 37.8 Å². The molecule has 1 aliphatic rings. The number of halogens is 1. The quantitative estimate of drug-likeness (QED) is 0.693. The molecule has 3 rings (SSSR count). The summed E-state index contributed by atoms with van der Waals surface area (Å²) >= 11 is 0. The topological polar surface area (TPSA) is 50.8 Å². The van der Waals surface area contributed by atoms with E-state index in [0.29, 0.717) is 43.9 Å². The third-order valence-corrected chi connectivity index (χ3v) is 4.89. The first-order chi connectivity index (χ1) is 13.9. The Bertz CT molecular complexity index is 833. The summed E-state index contributed by atoms with van der Waals surface area (Å²) in [7, 11) is 0. The first-order valence-electron chi connectivity index (χ1n) is 10.1. The van der Waals surface area contributed by atoms with Crippen molar-refractivity contribution >= 4 is 17.3 Å². The van der Waals surface area contributed by atoms with Gasteiger partial charge >= 0.3 is 0 Å². The number of aryl methyl sites for hydroxylation is 1. The summed E-state index contributed by atoms with van der Waals surface area (Å²) in [5.74, 6) is 0.337. The van der Waals surface area contributed by atoms with Gasteiger partial charge < -0.3 is 19.7 Å². The van der Waals surface area contributed by atoms with Gasteiger partial charge in [-0.3, -0.25) is 4.79 Å². The van der Waals surface area contributed by atoms with E-state index < -0.39 is 0 Å². The molecule has 0 saturated carbocycles. The number of rotatable bonds is 7. The number of carbonyl (C=O) groups excluding carboxylic acids is 1. The summed E-state index contributed by atoms with van der Waals surface area (Å²) in [5, 5.41) is 2.76. The van der Waals surface area contributed by atoms with Gasteiger partial charge in [0.05, 0.1) is 24.5 Å². The summed E-state index contributed by atoms with van der Waals surface area (Å²) in [5.41, 5.74) is 2.07. The Labute approximate surface area is 171 Å². The molecule has 6 heteroatoms. The lowest BCUT2D eigenvalue weighted by Gasteiger charge is -2.37. The zero-order valence-electron chi connectivity index (χ0n) is 17.3. The van der Waals surface area contributed by atoms with E-state index in [0.717, 1.165) is 11.3 Å². The second kappa shape index (κ2) is 9.74. The Kier molecular flexibility index (Phi) is 7.09. The number of nitrogens with zero attached hydrogens (tertiary/aromatic N) is 1. The Balaban J connectivity index is 1.48. The van der Waals surface area contributed by atoms with E-state index >= 15 is 0 Å². The molecule has 2 atom stereocenters. The highest BCUT2D eigenvalue weighted by molar-refractivity contribution is 5.90. The van der Waals surface area contributed by atoms with Crippen molar-refractivity contribution in [1.29, 1.82) is 0 Å². The van der Waals surface area contributed by atoms with Gasteiger partial charge in [0.1, 0.15) is 11.6 Å². The van der Waals surface area contributed by atoms with Crippen LogP contribution >= 0.6 is 0 Å². The number of ether oxygens (including phenoxy) is 2. The molecule has 1 amide bonds. The molecule has 1 heterocycles. The van der Waals surface area contributed by atoms with Crippen LogP contribution in [0.1, 0.15) is 32.3 Å². The molecule has 2 aromatic rings. The maximum atomic E-state index is 14.6. The number of nitrogens with one attached hydrogen (secondary N) is 1. The minimum atomic E-state index is -0.341. The van der Waals surface area contributed by atoms with Gasteiger partial charge in [0, 0.05) is 25.2 Å². The lowest BCUT2D eigenvalue weighted by molar-refractivity contribution is -0.116. The van der Waals surface area contributed by atoms with E-state index in [-0.39, 0.29) is 23.9 Å². The second-order valence-electron chi connectivity index (χ2n) is 7.59. The smallest absolute Gasteiger partial charge is 0.224 e. The number of amides is 1. The summed E-state index contributed by atoms with van der Waals surface area (Å²) in [6.45, 7) is 7.70. The van der Waals surface area contributed by atoms with E-state index in [2.05, 4.69) is 5.32 Å². The Morgan fingerprint density at radius 2 is 1.93 bits per heavy atom. The van der Waals surface area contributed by atoms with Crippen LogP contribution in [0.2, 0.25) is 0 Å². The van der Waals surface area contributed by atoms with Crippen LogP contribution in [0.3, 0.4) is 0 Å². The average molecular weight is 400 g/mol. The summed E-state index contributed by atoms with van der Waals surface area (Å²) in [6, 6.07) is 12.6. The van der Waals surface area contributed by atoms with Crippen molar-refractivity contribution < 1.29 is 18.7 Å². The maximum absolute atomic E-state index is 14.6. The van der Waals surface area contributed by atoms with Crippen LogP contribution in [0, 0.1) is 12.7 Å². The first kappa shape index (κ1) is 21.1. The minimum Gasteiger partial charge on any atom is -0.493 e. The standard InChI is InChI=1S/C23H29FN2O3/c1-16-7-4-5-8-22(16)28-12-6-9-23(27)25-19-10-11-21(20(24)13-19)26-14-17(2)29-18(3)15-26/h4-5,7-8,10-11,13,17-18H,6,9,12,14-15H2,1-3H3,(H,25,27). The zero-order chi connectivity index (χ0) is 20.8. The van der Waals surface area contributed by atoms with E-state index in [1.54, 1.807) is 12.1 Å². The van der Waals surface area contributed by atoms with Crippen molar-refractivity contribution in [2.24, 2.45) is 0 Å². The number of carbonyl (C=O) groups is 1. The van der Waals surface area contributed by atoms with Gasteiger partial charge in [-0.25, -0.2) is 4.39 Å². The lowest BCUT2D eigenvalue weighted by Crippen LogP contribution is -2.45. The average Bonchev–Trinajstić information content (AvgIpc) is 2.66. The predicted octanol–water partition coefficient (Wildman–Crippen LogP) is 4.55. The van der Waals surface area contributed by atoms with Crippen LogP contribution in [-0.2, 0) is 9.53 Å². The van der Waals surface area contributed by atoms with Gasteiger partial charge in [-0.05, 0) is 57.0 Å². The normalized spacial score (nSPS) is 19.1. The van der Waals surface area contributed by atoms with Gasteiger partial charge in [-0.1, -0.05) is 18.2 Å². The molecule has 2 unspecified atom stereocenters. The van der Waals surface area contributed by atoms with Crippen LogP contribution < -0.4 is 15.0 Å². The molecule has 0 radical (unpaired) electrons. The highest BCUT2D eigenvalue weighted by atomic mass is 19.1. The summed E-state index contributed by atoms with van der Waals surface area (Å²) < 4.78 is 26.0. The van der Waals surface area contributed by atoms with E-state index in [9.17, 15) is 9.18 Å². The lowest BCUT2D eigenvalue weighted by atomic mass is 10.1. The van der Waals surface area contributed by atoms with Crippen LogP contribution in [0.5, 0.6) is 5.75 Å². The molecular weight excluding hydrogens is 371 g/mol. The molecule has 1 aliphatic heterocycles. The van der Waals surface area contributed by atoms with Crippen molar-refractivity contribution in [2.45, 2.75) is 45.8 Å². The van der Waals surface area contributed by atoms with E-state index in [4.69, 9.17) is 9.47 Å². The molecule has 156 valence electrons. The second-order valence-corrected chi connectivity index (χ2v) is 7.59. The fourth-order valence-corrected chi connectivity index (χ4v) is 3.57. The number of morpholine rings is 1. The van der Waals surface area contributed by atoms with Gasteiger partial charge in [-0.2, -0.15) is 0 Å². The minimum absolute atomic E-state index is 0.0550. The number of hydrogen-bond donors (Lipinski definition) is 1. The molecule has 1 N–H and O–H groups in total. The number of para-hydroxylation sites is 1. The van der Waals surface area contributed by atoms with Crippen molar-refractivity contribution in [1.82, 2.24) is 0 Å². The van der Waals surface area contributed by atoms with Crippen molar-refractivity contribution in [2.75, 3.05) is 29.9 Å². The van der Waals surface area contributed by atoms with Crippen LogP contribution in [0.15, 0.2) is 42.5 Å². The largest absolute Gasteiger partial charge is 0.493 e. The van der Waals surface area contributed by atoms with Gasteiger partial charge in [0.2, 0.25) is 5.91 Å². The highest BCUT2D eigenvalue weighted by Crippen LogP contribution is 2.26. The molecule has 29 heavy (non-hydrogen) atoms. The van der Waals surface area contributed by atoms with Crippen molar-refractivity contribution in [3.63, 3.8) is 0 Å². The molecular formula is C23H29FN2O3. The van der Waals surface area contributed by atoms with E-state index in [1.807, 2.05) is 49.9 Å². The zero-order valence-corrected chi connectivity index (χ0v) is 17.3. The van der Waals surface area contributed by atoms with Crippen molar-refractivity contribution in [3.05, 3.63) is 53.8 Å². The summed E-state index contributed by atoms with van der Waals surface area (Å²) in [4.78, 5) is 14.1. The third-order valence-electron chi connectivity index (χ3n) is 4.89. The Hall–Kier alpha value is -2.60. The van der Waals surface area contributed by atoms with Crippen LogP contribution in [0.4, 0.5) is 15.8 Å². The van der Waals surface area contributed by atoms with Crippen LogP contribution in [0.25, 0.3) is 0 Å². The molecule has 0 aromatic heterocycles. The highest BCUT2D eigenvalue weighted by Gasteiger charge is 2.24. The fraction of sp³-hybridized carbons (Fsp3) is 0.435. The van der Waals surface area contributed by atoms with Gasteiger partial charge in [-0.15, -0.1) is 0 Å². The monoisotopic (exact) mass is 400 g/mol. The SMILES string of the molecule is Cc1ccccc1OCCCC(=O)Nc1ccc(N2CC(C)OC(C)C2)c(F)c1. The fourth-order valence-electron chi connectivity index (χ4n) is 3.57. The maximum Gasteiger partial charge on any atom is 0.224 e. The number of anilines is 2. The number of benzene rings is 2. The predicted molar refractivity (Wildman–Crippen MR) is 113 cm³/mol. The Morgan fingerprint density at radius 3 is 2.62 bits per heavy atom. The molecule has 5 nitrogen and oxygen atoms in total. The van der Waals surface area contributed by atoms with Crippen molar-refractivity contribution in [3.8, 4) is 5.75 Å². The first-order valence-corrected chi connectivity index (χ1v) is 10.1. The molecule has 0 aliphatic carbocycles. The molecule has 2 aromatic carbocycles. The summed E-state index contributed by atoms with van der Waals surface area (Å²) in [6.07, 6.45) is 1.01. The third kappa shape index (κ3) is 5.94. The molecule has 1 fully saturated rings. The molecule has 0 bridgehead atoms. The number of hydrogen-bond acceptors (Lipinski definition) is 4. The van der Waals surface area contributed by atoms with Gasteiger partial charge in [0.15, 0.2) is 0 Å². The molecule has 1 saturated heterocycles. The molecule has 0 spiro atoms. The Morgan fingerprint density at radius 1 is 1.21 bits per heavy atom.